The number of nitrogens with zero attached hydrogens (tertiary/aromatic N) is 1. The highest BCUT2D eigenvalue weighted by atomic mass is 16.3. The number of hydrogen-bond acceptors (Lipinski definition) is 5. The van der Waals surface area contributed by atoms with E-state index < -0.39 is 0 Å². The Hall–Kier alpha value is -2.64. The molecule has 0 atom stereocenters. The van der Waals surface area contributed by atoms with Gasteiger partial charge in [0.15, 0.2) is 0 Å². The molecule has 0 bridgehead atoms. The molecule has 0 saturated carbocycles. The highest BCUT2D eigenvalue weighted by molar-refractivity contribution is 5.94. The largest absolute Gasteiger partial charge is 0.467 e. The number of amides is 2. The molecule has 7 heteroatoms. The molecule has 4 N–H and O–H groups in total. The van der Waals surface area contributed by atoms with Gasteiger partial charge in [0.1, 0.15) is 12.0 Å². The van der Waals surface area contributed by atoms with Crippen LogP contribution in [-0.4, -0.2) is 42.9 Å². The zero-order chi connectivity index (χ0) is 19.1. The SMILES string of the molecule is NCc1cc(C(=O)NCc2ccc(C(=O)NCCN3CCCC3)cc2)co1. The van der Waals surface area contributed by atoms with Crippen LogP contribution in [0.3, 0.4) is 0 Å². The van der Waals surface area contributed by atoms with Crippen LogP contribution in [0.25, 0.3) is 0 Å². The van der Waals surface area contributed by atoms with Crippen molar-refractivity contribution in [2.45, 2.75) is 25.9 Å². The van der Waals surface area contributed by atoms with Gasteiger partial charge in [-0.25, -0.2) is 0 Å². The molecule has 1 aromatic carbocycles. The van der Waals surface area contributed by atoms with Gasteiger partial charge in [-0.2, -0.15) is 0 Å². The molecule has 3 rings (SSSR count). The Morgan fingerprint density at radius 2 is 1.74 bits per heavy atom. The minimum Gasteiger partial charge on any atom is -0.467 e. The molecule has 1 aliphatic rings. The maximum absolute atomic E-state index is 12.2. The molecule has 27 heavy (non-hydrogen) atoms. The molecular formula is C20H26N4O3. The van der Waals surface area contributed by atoms with E-state index in [-0.39, 0.29) is 18.4 Å². The Morgan fingerprint density at radius 3 is 2.41 bits per heavy atom. The molecule has 1 aliphatic heterocycles. The first-order chi connectivity index (χ1) is 13.2. The van der Waals surface area contributed by atoms with Crippen molar-refractivity contribution in [3.8, 4) is 0 Å². The van der Waals surface area contributed by atoms with Gasteiger partial charge in [-0.15, -0.1) is 0 Å². The molecule has 0 spiro atoms. The van der Waals surface area contributed by atoms with E-state index in [9.17, 15) is 9.59 Å². The predicted octanol–water partition coefficient (Wildman–Crippen LogP) is 1.49. The lowest BCUT2D eigenvalue weighted by atomic mass is 10.1. The molecule has 2 aromatic rings. The lowest BCUT2D eigenvalue weighted by Crippen LogP contribution is -2.33. The van der Waals surface area contributed by atoms with E-state index in [0.717, 1.165) is 25.2 Å². The van der Waals surface area contributed by atoms with Gasteiger partial charge in [-0.05, 0) is 49.7 Å². The molecule has 1 aromatic heterocycles. The quantitative estimate of drug-likeness (QED) is 0.654. The van der Waals surface area contributed by atoms with E-state index in [1.807, 2.05) is 12.1 Å². The summed E-state index contributed by atoms with van der Waals surface area (Å²) in [6.07, 6.45) is 3.90. The number of carbonyl (C=O) groups is 2. The smallest absolute Gasteiger partial charge is 0.254 e. The van der Waals surface area contributed by atoms with Gasteiger partial charge in [-0.1, -0.05) is 12.1 Å². The normalized spacial score (nSPS) is 14.3. The second-order valence-corrected chi connectivity index (χ2v) is 6.69. The van der Waals surface area contributed by atoms with Gasteiger partial charge in [0.2, 0.25) is 0 Å². The fraction of sp³-hybridized carbons (Fsp3) is 0.400. The Labute approximate surface area is 158 Å². The molecule has 0 unspecified atom stereocenters. The summed E-state index contributed by atoms with van der Waals surface area (Å²) < 4.78 is 5.16. The number of rotatable bonds is 8. The van der Waals surface area contributed by atoms with Crippen LogP contribution in [0.4, 0.5) is 0 Å². The van der Waals surface area contributed by atoms with E-state index in [4.69, 9.17) is 10.2 Å². The minimum absolute atomic E-state index is 0.0718. The molecular weight excluding hydrogens is 344 g/mol. The zero-order valence-electron chi connectivity index (χ0n) is 15.4. The summed E-state index contributed by atoms with van der Waals surface area (Å²) in [6, 6.07) is 8.87. The lowest BCUT2D eigenvalue weighted by Gasteiger charge is -2.14. The zero-order valence-corrected chi connectivity index (χ0v) is 15.4. The van der Waals surface area contributed by atoms with Crippen LogP contribution in [0.15, 0.2) is 41.0 Å². The third-order valence-corrected chi connectivity index (χ3v) is 4.70. The first-order valence-corrected chi connectivity index (χ1v) is 9.31. The van der Waals surface area contributed by atoms with Crippen LogP contribution in [0.1, 0.15) is 44.9 Å². The van der Waals surface area contributed by atoms with Crippen molar-refractivity contribution < 1.29 is 14.0 Å². The van der Waals surface area contributed by atoms with E-state index in [2.05, 4.69) is 15.5 Å². The number of nitrogens with two attached hydrogens (primary N) is 1. The van der Waals surface area contributed by atoms with Crippen LogP contribution < -0.4 is 16.4 Å². The van der Waals surface area contributed by atoms with E-state index >= 15 is 0 Å². The van der Waals surface area contributed by atoms with Gasteiger partial charge < -0.3 is 25.7 Å². The van der Waals surface area contributed by atoms with Crippen molar-refractivity contribution in [3.63, 3.8) is 0 Å². The monoisotopic (exact) mass is 370 g/mol. The van der Waals surface area contributed by atoms with Gasteiger partial charge in [0.05, 0.1) is 12.1 Å². The fourth-order valence-corrected chi connectivity index (χ4v) is 3.10. The van der Waals surface area contributed by atoms with E-state index in [0.29, 0.717) is 30.0 Å². The van der Waals surface area contributed by atoms with Crippen LogP contribution in [0.2, 0.25) is 0 Å². The van der Waals surface area contributed by atoms with Crippen LogP contribution in [0.5, 0.6) is 0 Å². The number of benzene rings is 1. The number of likely N-dealkylation sites (tertiary alicyclic amines) is 1. The third-order valence-electron chi connectivity index (χ3n) is 4.70. The standard InChI is InChI=1S/C20H26N4O3/c21-12-18-11-17(14-27-18)20(26)23-13-15-3-5-16(6-4-15)19(25)22-7-10-24-8-1-2-9-24/h3-6,11,14H,1-2,7-10,12-13,21H2,(H,22,25)(H,23,26). The third kappa shape index (κ3) is 5.42. The summed E-state index contributed by atoms with van der Waals surface area (Å²) >= 11 is 0. The van der Waals surface area contributed by atoms with Gasteiger partial charge >= 0.3 is 0 Å². The first-order valence-electron chi connectivity index (χ1n) is 9.31. The summed E-state index contributed by atoms with van der Waals surface area (Å²) in [5.41, 5.74) is 7.45. The van der Waals surface area contributed by atoms with Crippen molar-refractivity contribution in [3.05, 3.63) is 59.0 Å². The van der Waals surface area contributed by atoms with Crippen molar-refractivity contribution in [2.75, 3.05) is 26.2 Å². The number of carbonyl (C=O) groups excluding carboxylic acids is 2. The molecule has 7 nitrogen and oxygen atoms in total. The second kappa shape index (κ2) is 9.34. The van der Waals surface area contributed by atoms with Crippen LogP contribution >= 0.6 is 0 Å². The first kappa shape index (κ1) is 19.1. The Balaban J connectivity index is 1.43. The van der Waals surface area contributed by atoms with Crippen molar-refractivity contribution in [1.29, 1.82) is 0 Å². The van der Waals surface area contributed by atoms with Crippen molar-refractivity contribution in [2.24, 2.45) is 5.73 Å². The number of hydrogen-bond donors (Lipinski definition) is 3. The topological polar surface area (TPSA) is 101 Å². The average Bonchev–Trinajstić information content (AvgIpc) is 3.38. The Kier molecular flexibility index (Phi) is 6.62. The molecule has 2 heterocycles. The molecule has 0 aliphatic carbocycles. The number of nitrogens with one attached hydrogen (secondary N) is 2. The Bertz CT molecular complexity index is 764. The predicted molar refractivity (Wildman–Crippen MR) is 102 cm³/mol. The molecule has 0 radical (unpaired) electrons. The van der Waals surface area contributed by atoms with Gasteiger partial charge in [0.25, 0.3) is 11.8 Å². The van der Waals surface area contributed by atoms with Crippen LogP contribution in [0, 0.1) is 0 Å². The van der Waals surface area contributed by atoms with Gasteiger partial charge in [0, 0.05) is 25.2 Å². The second-order valence-electron chi connectivity index (χ2n) is 6.69. The van der Waals surface area contributed by atoms with Gasteiger partial charge in [-0.3, -0.25) is 9.59 Å². The summed E-state index contributed by atoms with van der Waals surface area (Å²) in [5, 5.41) is 5.77. The summed E-state index contributed by atoms with van der Waals surface area (Å²) in [6.45, 7) is 4.45. The van der Waals surface area contributed by atoms with Crippen molar-refractivity contribution >= 4 is 11.8 Å². The maximum atomic E-state index is 12.2. The average molecular weight is 370 g/mol. The highest BCUT2D eigenvalue weighted by Crippen LogP contribution is 2.09. The number of furan rings is 1. The molecule has 2 amide bonds. The summed E-state index contributed by atoms with van der Waals surface area (Å²) in [5.74, 6) is 0.278. The maximum Gasteiger partial charge on any atom is 0.254 e. The Morgan fingerprint density at radius 1 is 1.04 bits per heavy atom. The summed E-state index contributed by atoms with van der Waals surface area (Å²) in [4.78, 5) is 26.6. The molecule has 1 saturated heterocycles. The highest BCUT2D eigenvalue weighted by Gasteiger charge is 2.12. The lowest BCUT2D eigenvalue weighted by molar-refractivity contribution is 0.0940. The fourth-order valence-electron chi connectivity index (χ4n) is 3.10. The molecule has 144 valence electrons. The molecule has 1 fully saturated rings. The van der Waals surface area contributed by atoms with E-state index in [1.165, 1.54) is 19.1 Å². The van der Waals surface area contributed by atoms with E-state index in [1.54, 1.807) is 18.2 Å². The minimum atomic E-state index is -0.220. The van der Waals surface area contributed by atoms with Crippen LogP contribution in [-0.2, 0) is 13.1 Å². The van der Waals surface area contributed by atoms with Crippen molar-refractivity contribution in [1.82, 2.24) is 15.5 Å². The summed E-state index contributed by atoms with van der Waals surface area (Å²) in [7, 11) is 0.